The molecular weight excluding hydrogens is 97.8 g/mol. The van der Waals surface area contributed by atoms with Crippen molar-refractivity contribution in [2.24, 2.45) is 0 Å². The van der Waals surface area contributed by atoms with Crippen LogP contribution in [-0.2, 0) is 9.05 Å². The van der Waals surface area contributed by atoms with Crippen molar-refractivity contribution in [1.82, 2.24) is 0 Å². The summed E-state index contributed by atoms with van der Waals surface area (Å²) < 4.78 is 8.92. The van der Waals surface area contributed by atoms with Crippen molar-refractivity contribution in [3.05, 3.63) is 0 Å². The van der Waals surface area contributed by atoms with Crippen molar-refractivity contribution in [2.75, 3.05) is 7.11 Å². The van der Waals surface area contributed by atoms with Crippen LogP contribution < -0.4 is 0 Å². The zero-order chi connectivity index (χ0) is 4.83. The molecule has 33 valence electrons. The fraction of sp³-hybridized carbons (Fsp3) is 0.500. The van der Waals surface area contributed by atoms with Gasteiger partial charge in [0.05, 0.1) is 0 Å². The van der Waals surface area contributed by atoms with Gasteiger partial charge in [0, 0.05) is 0 Å². The molecule has 0 aliphatic heterocycles. The SMILES string of the molecule is [B]=COPOC. The van der Waals surface area contributed by atoms with Crippen molar-refractivity contribution in [3.8, 4) is 0 Å². The fourth-order valence-corrected chi connectivity index (χ4v) is 0.228. The minimum absolute atomic E-state index is 0.0343. The first-order valence-electron chi connectivity index (χ1n) is 1.39. The summed E-state index contributed by atoms with van der Waals surface area (Å²) in [4.78, 5) is 0. The normalized spacial score (nSPS) is 9.33. The maximum absolute atomic E-state index is 4.79. The van der Waals surface area contributed by atoms with Gasteiger partial charge in [-0.15, -0.1) is 0 Å². The van der Waals surface area contributed by atoms with Crippen molar-refractivity contribution < 1.29 is 9.05 Å². The maximum atomic E-state index is 4.79. The molecule has 1 atom stereocenters. The second-order valence-electron chi connectivity index (χ2n) is 0.541. The van der Waals surface area contributed by atoms with Gasteiger partial charge in [-0.25, -0.2) is 0 Å². The third-order valence-corrected chi connectivity index (χ3v) is 0.598. The molecular formula is C2H5BO2P. The topological polar surface area (TPSA) is 18.5 Å². The average Bonchev–Trinajstić information content (AvgIpc) is 1.61. The number of rotatable bonds is 3. The van der Waals surface area contributed by atoms with Gasteiger partial charge in [0.25, 0.3) is 0 Å². The first kappa shape index (κ1) is 6.12. The zero-order valence-corrected chi connectivity index (χ0v) is 4.47. The van der Waals surface area contributed by atoms with E-state index >= 15 is 0 Å². The van der Waals surface area contributed by atoms with Gasteiger partial charge in [0.1, 0.15) is 0 Å². The van der Waals surface area contributed by atoms with E-state index in [-0.39, 0.29) is 9.03 Å². The van der Waals surface area contributed by atoms with E-state index < -0.39 is 0 Å². The summed E-state index contributed by atoms with van der Waals surface area (Å²) in [6, 6.07) is 0. The summed E-state index contributed by atoms with van der Waals surface area (Å²) in [7, 11) is 6.37. The molecule has 0 N–H and O–H groups in total. The van der Waals surface area contributed by atoms with E-state index in [9.17, 15) is 0 Å². The quantitative estimate of drug-likeness (QED) is 0.286. The summed E-state index contributed by atoms with van der Waals surface area (Å²) in [6.45, 7) is 0. The van der Waals surface area contributed by atoms with Crippen LogP contribution in [0.25, 0.3) is 0 Å². The van der Waals surface area contributed by atoms with Crippen LogP contribution in [0.15, 0.2) is 0 Å². The molecule has 0 aliphatic carbocycles. The van der Waals surface area contributed by atoms with E-state index in [0.717, 1.165) is 6.15 Å². The van der Waals surface area contributed by atoms with Gasteiger partial charge in [-0.3, -0.25) is 0 Å². The molecule has 0 saturated carbocycles. The van der Waals surface area contributed by atoms with Gasteiger partial charge in [-0.05, 0) is 0 Å². The van der Waals surface area contributed by atoms with Crippen LogP contribution >= 0.6 is 9.03 Å². The van der Waals surface area contributed by atoms with Crippen molar-refractivity contribution in [3.63, 3.8) is 0 Å². The predicted molar refractivity (Wildman–Crippen MR) is 28.2 cm³/mol. The third-order valence-electron chi connectivity index (χ3n) is 0.199. The Hall–Kier alpha value is 0.125. The Kier molecular flexibility index (Phi) is 5.23. The molecule has 0 aromatic carbocycles. The molecule has 6 heavy (non-hydrogen) atoms. The summed E-state index contributed by atoms with van der Waals surface area (Å²) in [5.41, 5.74) is 0. The van der Waals surface area contributed by atoms with E-state index in [1.807, 2.05) is 0 Å². The van der Waals surface area contributed by atoms with Crippen LogP contribution in [0, 0.1) is 0 Å². The van der Waals surface area contributed by atoms with E-state index in [1.54, 1.807) is 7.11 Å². The van der Waals surface area contributed by atoms with Crippen molar-refractivity contribution in [2.45, 2.75) is 0 Å². The fourth-order valence-electron chi connectivity index (χ4n) is 0.0759. The standard InChI is InChI=1S/C2H5BO2P/c1-4-6-5-2-3/h2,6H,1H3. The molecule has 0 fully saturated rings. The van der Waals surface area contributed by atoms with Gasteiger partial charge in [-0.1, -0.05) is 0 Å². The monoisotopic (exact) mass is 103 g/mol. The average molecular weight is 103 g/mol. The number of hydrogen-bond acceptors (Lipinski definition) is 2. The number of hydrogen-bond donors (Lipinski definition) is 0. The van der Waals surface area contributed by atoms with Crippen LogP contribution in [0.1, 0.15) is 0 Å². The summed E-state index contributed by atoms with van der Waals surface area (Å²) in [5, 5.41) is 0. The van der Waals surface area contributed by atoms with Gasteiger partial charge in [0.2, 0.25) is 0 Å². The van der Waals surface area contributed by atoms with Crippen molar-refractivity contribution in [1.29, 1.82) is 0 Å². The molecule has 1 unspecified atom stereocenters. The van der Waals surface area contributed by atoms with Crippen LogP contribution in [0.5, 0.6) is 0 Å². The third kappa shape index (κ3) is 4.12. The summed E-state index contributed by atoms with van der Waals surface area (Å²) in [6.07, 6.45) is 1.10. The van der Waals surface area contributed by atoms with Crippen LogP contribution in [0.2, 0.25) is 0 Å². The molecule has 0 heterocycles. The Balaban J connectivity index is 2.49. The second-order valence-corrected chi connectivity index (χ2v) is 1.35. The molecule has 0 amide bonds. The van der Waals surface area contributed by atoms with Gasteiger partial charge >= 0.3 is 38.8 Å². The molecule has 0 aromatic heterocycles. The molecule has 4 heteroatoms. The Morgan fingerprint density at radius 1 is 1.83 bits per heavy atom. The first-order chi connectivity index (χ1) is 2.91. The molecule has 0 rings (SSSR count). The van der Waals surface area contributed by atoms with Gasteiger partial charge < -0.3 is 0 Å². The molecule has 0 bridgehead atoms. The second kappa shape index (κ2) is 5.12. The zero-order valence-electron chi connectivity index (χ0n) is 3.47. The predicted octanol–water partition coefficient (Wildman–Crippen LogP) is 0.0861. The Bertz CT molecular complexity index is 40.5. The minimum atomic E-state index is 0.0343. The molecule has 0 saturated heterocycles. The van der Waals surface area contributed by atoms with E-state index in [1.165, 1.54) is 0 Å². The van der Waals surface area contributed by atoms with Crippen LogP contribution in [0.4, 0.5) is 0 Å². The summed E-state index contributed by atoms with van der Waals surface area (Å²) in [5.74, 6) is 0. The van der Waals surface area contributed by atoms with E-state index in [0.29, 0.717) is 0 Å². The van der Waals surface area contributed by atoms with Gasteiger partial charge in [0.15, 0.2) is 0 Å². The molecule has 2 nitrogen and oxygen atoms in total. The molecule has 0 aromatic rings. The van der Waals surface area contributed by atoms with Crippen LogP contribution in [-0.4, -0.2) is 20.7 Å². The Morgan fingerprint density at radius 3 is 2.67 bits per heavy atom. The van der Waals surface area contributed by atoms with Crippen molar-refractivity contribution >= 4 is 22.7 Å². The Morgan fingerprint density at radius 2 is 2.50 bits per heavy atom. The summed E-state index contributed by atoms with van der Waals surface area (Å²) >= 11 is 0. The molecule has 0 spiro atoms. The molecule has 0 aliphatic rings. The first-order valence-corrected chi connectivity index (χ1v) is 2.20. The molecule has 1 radical (unpaired) electrons. The Labute approximate surface area is 39.9 Å². The van der Waals surface area contributed by atoms with Crippen LogP contribution in [0.3, 0.4) is 0 Å². The van der Waals surface area contributed by atoms with E-state index in [4.69, 9.17) is 7.49 Å². The van der Waals surface area contributed by atoms with Gasteiger partial charge in [-0.2, -0.15) is 0 Å². The van der Waals surface area contributed by atoms with E-state index in [2.05, 4.69) is 9.05 Å².